The molecular weight excluding hydrogens is 442 g/mol. The molecule has 0 radical (unpaired) electrons. The zero-order valence-electron chi connectivity index (χ0n) is 15.5. The first kappa shape index (κ1) is 19.5. The molecule has 1 aliphatic heterocycles. The second-order valence-electron chi connectivity index (χ2n) is 6.70. The molecule has 0 fully saturated rings. The fourth-order valence-corrected chi connectivity index (χ4v) is 4.15. The molecule has 8 heteroatoms. The molecule has 0 saturated carbocycles. The maximum atomic E-state index is 13.3. The SMILES string of the molecule is COc1cc([C@@H]2c3c(oc4ccccc4c3=O)C(=O)N2CCCO)cc(Br)c1O. The molecule has 2 aromatic carbocycles. The van der Waals surface area contributed by atoms with E-state index in [4.69, 9.17) is 9.15 Å². The molecule has 1 amide bonds. The minimum atomic E-state index is -0.726. The van der Waals surface area contributed by atoms with Crippen molar-refractivity contribution in [1.82, 2.24) is 4.90 Å². The van der Waals surface area contributed by atoms with Crippen molar-refractivity contribution in [3.05, 3.63) is 68.0 Å². The molecule has 29 heavy (non-hydrogen) atoms. The average molecular weight is 460 g/mol. The van der Waals surface area contributed by atoms with Gasteiger partial charge in [0, 0.05) is 13.2 Å². The van der Waals surface area contributed by atoms with E-state index in [0.29, 0.717) is 27.4 Å². The summed E-state index contributed by atoms with van der Waals surface area (Å²) in [6, 6.07) is 9.29. The van der Waals surface area contributed by atoms with Gasteiger partial charge in [0.2, 0.25) is 5.76 Å². The summed E-state index contributed by atoms with van der Waals surface area (Å²) in [4.78, 5) is 27.9. The predicted molar refractivity (Wildman–Crippen MR) is 109 cm³/mol. The molecule has 0 unspecified atom stereocenters. The largest absolute Gasteiger partial charge is 0.503 e. The van der Waals surface area contributed by atoms with E-state index in [1.807, 2.05) is 0 Å². The van der Waals surface area contributed by atoms with Gasteiger partial charge >= 0.3 is 0 Å². The lowest BCUT2D eigenvalue weighted by Gasteiger charge is -2.25. The quantitative estimate of drug-likeness (QED) is 0.607. The monoisotopic (exact) mass is 459 g/mol. The number of amides is 1. The lowest BCUT2D eigenvalue weighted by atomic mass is 9.98. The number of hydrogen-bond donors (Lipinski definition) is 2. The second-order valence-corrected chi connectivity index (χ2v) is 7.56. The Hall–Kier alpha value is -2.84. The summed E-state index contributed by atoms with van der Waals surface area (Å²) in [6.07, 6.45) is 0.348. The highest BCUT2D eigenvalue weighted by molar-refractivity contribution is 9.10. The van der Waals surface area contributed by atoms with Crippen LogP contribution in [0.3, 0.4) is 0 Å². The van der Waals surface area contributed by atoms with Gasteiger partial charge in [-0.15, -0.1) is 0 Å². The first-order valence-corrected chi connectivity index (χ1v) is 9.81. The number of carbonyl (C=O) groups excluding carboxylic acids is 1. The van der Waals surface area contributed by atoms with Gasteiger partial charge in [0.15, 0.2) is 16.9 Å². The van der Waals surface area contributed by atoms with Gasteiger partial charge in [0.25, 0.3) is 5.91 Å². The summed E-state index contributed by atoms with van der Waals surface area (Å²) in [5.74, 6) is -0.278. The van der Waals surface area contributed by atoms with E-state index in [1.54, 1.807) is 36.4 Å². The van der Waals surface area contributed by atoms with Crippen molar-refractivity contribution in [2.45, 2.75) is 12.5 Å². The number of benzene rings is 2. The van der Waals surface area contributed by atoms with Crippen LogP contribution in [0.25, 0.3) is 11.0 Å². The van der Waals surface area contributed by atoms with Gasteiger partial charge in [-0.2, -0.15) is 0 Å². The number of phenols is 1. The Kier molecular flexibility index (Phi) is 5.06. The standard InChI is InChI=1S/C21H18BrNO6/c1-28-15-10-11(9-13(22)19(15)26)17-16-18(25)12-5-2-3-6-14(12)29-20(16)21(27)23(17)7-4-8-24/h2-3,5-6,9-10,17,24,26H,4,7-8H2,1H3/t17-/m1/s1. The molecule has 2 heterocycles. The molecule has 1 aliphatic rings. The molecule has 1 aromatic heterocycles. The van der Waals surface area contributed by atoms with E-state index in [2.05, 4.69) is 15.9 Å². The normalized spacial score (nSPS) is 15.8. The highest BCUT2D eigenvalue weighted by Crippen LogP contribution is 2.43. The number of carbonyl (C=O) groups is 1. The Balaban J connectivity index is 1.99. The van der Waals surface area contributed by atoms with Crippen molar-refractivity contribution in [2.24, 2.45) is 0 Å². The van der Waals surface area contributed by atoms with Crippen LogP contribution in [0, 0.1) is 0 Å². The van der Waals surface area contributed by atoms with Gasteiger partial charge in [-0.1, -0.05) is 12.1 Å². The Bertz CT molecular complexity index is 1170. The molecule has 0 aliphatic carbocycles. The van der Waals surface area contributed by atoms with Crippen LogP contribution in [-0.2, 0) is 0 Å². The second kappa shape index (κ2) is 7.53. The van der Waals surface area contributed by atoms with Crippen LogP contribution >= 0.6 is 15.9 Å². The fraction of sp³-hybridized carbons (Fsp3) is 0.238. The van der Waals surface area contributed by atoms with E-state index in [1.165, 1.54) is 12.0 Å². The Labute approximate surface area is 174 Å². The first-order valence-electron chi connectivity index (χ1n) is 9.02. The lowest BCUT2D eigenvalue weighted by Crippen LogP contribution is -2.31. The molecule has 3 aromatic rings. The third-order valence-electron chi connectivity index (χ3n) is 5.02. The Morgan fingerprint density at radius 1 is 1.24 bits per heavy atom. The molecule has 0 spiro atoms. The molecule has 0 saturated heterocycles. The van der Waals surface area contributed by atoms with Crippen molar-refractivity contribution in [3.63, 3.8) is 0 Å². The summed E-state index contributed by atoms with van der Waals surface area (Å²) < 4.78 is 11.4. The number of aromatic hydroxyl groups is 1. The van der Waals surface area contributed by atoms with Crippen LogP contribution in [0.5, 0.6) is 11.5 Å². The third kappa shape index (κ3) is 3.08. The molecule has 4 rings (SSSR count). The summed E-state index contributed by atoms with van der Waals surface area (Å²) in [5.41, 5.74) is 0.886. The minimum absolute atomic E-state index is 0.000181. The van der Waals surface area contributed by atoms with E-state index >= 15 is 0 Å². The van der Waals surface area contributed by atoms with Gasteiger partial charge in [0.1, 0.15) is 5.58 Å². The van der Waals surface area contributed by atoms with Crippen LogP contribution in [0.2, 0.25) is 0 Å². The van der Waals surface area contributed by atoms with Crippen molar-refractivity contribution in [1.29, 1.82) is 0 Å². The van der Waals surface area contributed by atoms with Crippen molar-refractivity contribution in [3.8, 4) is 11.5 Å². The summed E-state index contributed by atoms with van der Waals surface area (Å²) in [7, 11) is 1.42. The number of ether oxygens (including phenoxy) is 1. The molecule has 7 nitrogen and oxygen atoms in total. The zero-order chi connectivity index (χ0) is 20.7. The van der Waals surface area contributed by atoms with Gasteiger partial charge in [-0.25, -0.2) is 0 Å². The molecule has 1 atom stereocenters. The van der Waals surface area contributed by atoms with Crippen LogP contribution < -0.4 is 10.2 Å². The first-order chi connectivity index (χ1) is 14.0. The lowest BCUT2D eigenvalue weighted by molar-refractivity contribution is 0.0716. The molecule has 2 N–H and O–H groups in total. The number of phenolic OH excluding ortho intramolecular Hbond substituents is 1. The number of aliphatic hydroxyl groups is 1. The van der Waals surface area contributed by atoms with Crippen molar-refractivity contribution in [2.75, 3.05) is 20.3 Å². The van der Waals surface area contributed by atoms with Crippen LogP contribution in [0.15, 0.2) is 50.1 Å². The third-order valence-corrected chi connectivity index (χ3v) is 5.62. The number of fused-ring (bicyclic) bond motifs is 2. The average Bonchev–Trinajstić information content (AvgIpc) is 3.00. The molecule has 0 bridgehead atoms. The molecular formula is C21H18BrNO6. The highest BCUT2D eigenvalue weighted by atomic mass is 79.9. The number of aliphatic hydroxyl groups excluding tert-OH is 1. The van der Waals surface area contributed by atoms with Crippen molar-refractivity contribution >= 4 is 32.8 Å². The number of rotatable bonds is 5. The Morgan fingerprint density at radius 3 is 2.72 bits per heavy atom. The molecule has 150 valence electrons. The van der Waals surface area contributed by atoms with Crippen molar-refractivity contribution < 1.29 is 24.2 Å². The summed E-state index contributed by atoms with van der Waals surface area (Å²) in [6.45, 7) is 0.138. The smallest absolute Gasteiger partial charge is 0.290 e. The van der Waals surface area contributed by atoms with Crippen LogP contribution in [0.1, 0.15) is 34.1 Å². The summed E-state index contributed by atoms with van der Waals surface area (Å²) >= 11 is 3.30. The number of hydrogen-bond acceptors (Lipinski definition) is 6. The highest BCUT2D eigenvalue weighted by Gasteiger charge is 2.42. The van der Waals surface area contributed by atoms with E-state index in [0.717, 1.165) is 0 Å². The minimum Gasteiger partial charge on any atom is -0.503 e. The van der Waals surface area contributed by atoms with Gasteiger partial charge in [-0.3, -0.25) is 9.59 Å². The van der Waals surface area contributed by atoms with E-state index < -0.39 is 11.9 Å². The maximum Gasteiger partial charge on any atom is 0.290 e. The number of nitrogens with zero attached hydrogens (tertiary/aromatic N) is 1. The zero-order valence-corrected chi connectivity index (χ0v) is 17.1. The van der Waals surface area contributed by atoms with Gasteiger partial charge in [0.05, 0.1) is 28.6 Å². The van der Waals surface area contributed by atoms with Crippen LogP contribution in [-0.4, -0.2) is 41.3 Å². The van der Waals surface area contributed by atoms with E-state index in [9.17, 15) is 19.8 Å². The summed E-state index contributed by atoms with van der Waals surface area (Å²) in [5, 5.41) is 19.8. The van der Waals surface area contributed by atoms with Crippen LogP contribution in [0.4, 0.5) is 0 Å². The topological polar surface area (TPSA) is 100 Å². The van der Waals surface area contributed by atoms with Gasteiger partial charge < -0.3 is 24.3 Å². The number of halogens is 1. The van der Waals surface area contributed by atoms with E-state index in [-0.39, 0.29) is 41.4 Å². The van der Waals surface area contributed by atoms with Gasteiger partial charge in [-0.05, 0) is 52.2 Å². The number of methoxy groups -OCH3 is 1. The number of para-hydroxylation sites is 1. The Morgan fingerprint density at radius 2 is 2.00 bits per heavy atom. The maximum absolute atomic E-state index is 13.3. The fourth-order valence-electron chi connectivity index (χ4n) is 3.69. The predicted octanol–water partition coefficient (Wildman–Crippen LogP) is 3.20.